The molecular formula is C73H98ClN7O8. The van der Waals surface area contributed by atoms with Crippen LogP contribution in [0.3, 0.4) is 0 Å². The summed E-state index contributed by atoms with van der Waals surface area (Å²) < 4.78 is 25.6. The van der Waals surface area contributed by atoms with Crippen molar-refractivity contribution in [1.29, 1.82) is 0 Å². The van der Waals surface area contributed by atoms with E-state index in [1.807, 2.05) is 121 Å². The Morgan fingerprint density at radius 3 is 1.43 bits per heavy atom. The smallest absolute Gasteiger partial charge is 0.319 e. The van der Waals surface area contributed by atoms with Crippen LogP contribution in [0.2, 0.25) is 5.15 Å². The topological polar surface area (TPSA) is 159 Å². The molecule has 0 spiro atoms. The average Bonchev–Trinajstić information content (AvgIpc) is 2.27. The van der Waals surface area contributed by atoms with Crippen LogP contribution in [0.25, 0.3) is 22.1 Å². The van der Waals surface area contributed by atoms with Crippen LogP contribution in [0.15, 0.2) is 119 Å². The number of hydrogen-bond donors (Lipinski definition) is 1. The van der Waals surface area contributed by atoms with E-state index in [9.17, 15) is 19.2 Å². The van der Waals surface area contributed by atoms with E-state index in [1.54, 1.807) is 6.92 Å². The maximum atomic E-state index is 14.5. The van der Waals surface area contributed by atoms with Gasteiger partial charge in [-0.15, -0.1) is 0 Å². The van der Waals surface area contributed by atoms with E-state index < -0.39 is 0 Å². The van der Waals surface area contributed by atoms with Crippen molar-refractivity contribution in [1.82, 2.24) is 34.2 Å². The van der Waals surface area contributed by atoms with Crippen molar-refractivity contribution in [2.75, 3.05) is 39.5 Å². The number of para-hydroxylation sites is 4. The number of fused-ring (bicyclic) bond motifs is 6. The Hall–Kier alpha value is -5.81. The highest BCUT2D eigenvalue weighted by molar-refractivity contribution is 6.29. The second kappa shape index (κ2) is 34.0. The molecule has 2 aromatic heterocycles. The number of benzene rings is 4. The largest absolute Gasteiger partial charge is 0.466 e. The van der Waals surface area contributed by atoms with E-state index in [2.05, 4.69) is 24.7 Å². The van der Waals surface area contributed by atoms with Gasteiger partial charge in [-0.2, -0.15) is 0 Å². The zero-order valence-electron chi connectivity index (χ0n) is 53.0. The first kappa shape index (κ1) is 66.1. The van der Waals surface area contributed by atoms with Crippen molar-refractivity contribution in [2.24, 2.45) is 0 Å². The maximum absolute atomic E-state index is 14.5. The summed E-state index contributed by atoms with van der Waals surface area (Å²) in [5, 5.41) is 3.06. The van der Waals surface area contributed by atoms with Gasteiger partial charge >= 0.3 is 11.9 Å². The number of carbonyl (C=O) groups is 2. The van der Waals surface area contributed by atoms with E-state index in [0.29, 0.717) is 88.5 Å². The van der Waals surface area contributed by atoms with Crippen molar-refractivity contribution in [3.63, 3.8) is 0 Å². The molecule has 0 radical (unpaired) electrons. The van der Waals surface area contributed by atoms with Gasteiger partial charge in [0.25, 0.3) is 11.1 Å². The Balaban J connectivity index is 0.000000165. The van der Waals surface area contributed by atoms with Gasteiger partial charge in [-0.1, -0.05) is 161 Å². The molecule has 6 fully saturated rings. The summed E-state index contributed by atoms with van der Waals surface area (Å²) in [5.74, 6) is -0.900. The van der Waals surface area contributed by atoms with Gasteiger partial charge in [0.05, 0.1) is 68.1 Å². The summed E-state index contributed by atoms with van der Waals surface area (Å²) in [6.07, 6.45) is 29.0. The molecule has 480 valence electrons. The number of nitrogens with zero attached hydrogens (tertiary/aromatic N) is 6. The van der Waals surface area contributed by atoms with E-state index >= 15 is 0 Å². The fraction of sp³-hybridized carbons (Fsp3) is 0.589. The standard InChI is InChI=1S/C37H49N3O4.C23H30ClN3O.C13H19NO3/c1-2-44-35(41)23-28(21-22-43-26-27-13-7-6-8-14-27)36-37(42)40(34-18-12-11-17-33(34)38-36)32-24-30-19-20-31(25-32)39(30)29-15-9-4-3-5-10-16-29;24-22-23(28)27(21-11-7-6-10-20(21)25-22)19-14-17-12-13-18(15-19)26(17)16-8-4-2-1-3-5-9-16;1-2-17-13(15)10-14-8-9-16-11-12-6-4-3-5-7-12/h6-8,11-14,17-18,28-32H,2-5,9-10,15-16,19-26H2,1H3;6-7,10-11,16-19H,1-5,8-9,12-15H2;3-7,14H,2,8-11H2,1H3/t28?,30-,31+,32?;17-,18+,19?;. The molecule has 2 aliphatic carbocycles. The third kappa shape index (κ3) is 17.8. The van der Waals surface area contributed by atoms with Crippen LogP contribution in [0.1, 0.15) is 203 Å². The molecule has 6 heterocycles. The molecule has 4 aliphatic heterocycles. The molecule has 1 N–H and O–H groups in total. The van der Waals surface area contributed by atoms with Gasteiger partial charge in [-0.25, -0.2) is 9.97 Å². The van der Waals surface area contributed by atoms with Gasteiger partial charge in [0.15, 0.2) is 5.15 Å². The number of ether oxygens (including phenoxy) is 4. The molecule has 6 aromatic rings. The molecule has 4 bridgehead atoms. The average molecular weight is 1240 g/mol. The quantitative estimate of drug-likeness (QED) is 0.0536. The summed E-state index contributed by atoms with van der Waals surface area (Å²) in [5.41, 5.74) is 6.02. The first-order chi connectivity index (χ1) is 43.7. The van der Waals surface area contributed by atoms with Gasteiger partial charge in [-0.3, -0.25) is 29.0 Å². The second-order valence-electron chi connectivity index (χ2n) is 25.7. The minimum Gasteiger partial charge on any atom is -0.466 e. The number of aromatic nitrogens is 4. The SMILES string of the molecule is CCOC(=O)CC(CCOCc1ccccc1)c1nc2ccccc2n(C2C[C@H]3CC[C@@H](C2)N3C2CCCCCCC2)c1=O.CCOC(=O)CNCCOCc1ccccc1.O=c1c(Cl)nc2ccccc2n1C1C[C@H]2CC[C@@H](C1)N2C1CCCCCCC1. The molecule has 16 heteroatoms. The minimum atomic E-state index is -0.375. The molecular weight excluding hydrogens is 1140 g/mol. The van der Waals surface area contributed by atoms with Crippen LogP contribution in [0, 0.1) is 0 Å². The summed E-state index contributed by atoms with van der Waals surface area (Å²) >= 11 is 6.23. The second-order valence-corrected chi connectivity index (χ2v) is 26.1. The Bertz CT molecular complexity index is 3250. The highest BCUT2D eigenvalue weighted by atomic mass is 35.5. The highest BCUT2D eigenvalue weighted by Gasteiger charge is 2.46. The van der Waals surface area contributed by atoms with Gasteiger partial charge in [0, 0.05) is 67.4 Å². The van der Waals surface area contributed by atoms with Crippen molar-refractivity contribution in [3.05, 3.63) is 152 Å². The lowest BCUT2D eigenvalue weighted by molar-refractivity contribution is -0.144. The van der Waals surface area contributed by atoms with E-state index in [-0.39, 0.29) is 59.2 Å². The number of hydrogen-bond acceptors (Lipinski definition) is 13. The van der Waals surface area contributed by atoms with Crippen LogP contribution >= 0.6 is 11.6 Å². The normalized spacial score (nSPS) is 23.0. The van der Waals surface area contributed by atoms with E-state index in [4.69, 9.17) is 35.5 Å². The molecule has 89 heavy (non-hydrogen) atoms. The number of carbonyl (C=O) groups excluding carboxylic acids is 2. The molecule has 0 amide bonds. The molecule has 15 nitrogen and oxygen atoms in total. The highest BCUT2D eigenvalue weighted by Crippen LogP contribution is 2.46. The Kier molecular flexibility index (Phi) is 25.3. The van der Waals surface area contributed by atoms with Crippen LogP contribution in [0.4, 0.5) is 0 Å². The van der Waals surface area contributed by atoms with E-state index in [1.165, 1.54) is 116 Å². The maximum Gasteiger partial charge on any atom is 0.319 e. The molecule has 4 saturated heterocycles. The van der Waals surface area contributed by atoms with Crippen LogP contribution in [-0.2, 0) is 41.8 Å². The Labute approximate surface area is 532 Å². The number of piperidine rings is 2. The van der Waals surface area contributed by atoms with Crippen molar-refractivity contribution in [3.8, 4) is 0 Å². The molecule has 4 aromatic carbocycles. The summed E-state index contributed by atoms with van der Waals surface area (Å²) in [4.78, 5) is 66.2. The number of rotatable bonds is 21. The van der Waals surface area contributed by atoms with Crippen molar-refractivity contribution < 1.29 is 28.5 Å². The zero-order chi connectivity index (χ0) is 61.7. The zero-order valence-corrected chi connectivity index (χ0v) is 53.8. The number of nitrogens with one attached hydrogen (secondary N) is 1. The first-order valence-corrected chi connectivity index (χ1v) is 34.5. The van der Waals surface area contributed by atoms with Crippen molar-refractivity contribution >= 4 is 45.6 Å². The molecule has 6 aliphatic rings. The third-order valence-corrected chi connectivity index (χ3v) is 20.0. The molecule has 7 atom stereocenters. The lowest BCUT2D eigenvalue weighted by Crippen LogP contribution is -2.50. The Morgan fingerprint density at radius 1 is 0.506 bits per heavy atom. The lowest BCUT2D eigenvalue weighted by atomic mass is 9.89. The van der Waals surface area contributed by atoms with Crippen LogP contribution in [-0.4, -0.2) is 117 Å². The van der Waals surface area contributed by atoms with Gasteiger partial charge < -0.3 is 33.4 Å². The summed E-state index contributed by atoms with van der Waals surface area (Å²) in [6.45, 7) is 7.32. The molecule has 3 unspecified atom stereocenters. The lowest BCUT2D eigenvalue weighted by Gasteiger charge is -2.45. The summed E-state index contributed by atoms with van der Waals surface area (Å²) in [6, 6.07) is 40.1. The van der Waals surface area contributed by atoms with Gasteiger partial charge in [0.1, 0.15) is 5.69 Å². The fourth-order valence-corrected chi connectivity index (χ4v) is 16.0. The minimum absolute atomic E-state index is 0.0511. The third-order valence-electron chi connectivity index (χ3n) is 19.8. The molecule has 2 saturated carbocycles. The Morgan fingerprint density at radius 2 is 0.933 bits per heavy atom. The fourth-order valence-electron chi connectivity index (χ4n) is 15.8. The monoisotopic (exact) mass is 1240 g/mol. The first-order valence-electron chi connectivity index (χ1n) is 34.1. The predicted octanol–water partition coefficient (Wildman–Crippen LogP) is 14.0. The van der Waals surface area contributed by atoms with E-state index in [0.717, 1.165) is 64.9 Å². The van der Waals surface area contributed by atoms with Gasteiger partial charge in [0.2, 0.25) is 0 Å². The van der Waals surface area contributed by atoms with Crippen LogP contribution < -0.4 is 16.4 Å². The van der Waals surface area contributed by atoms with Gasteiger partial charge in [-0.05, 0) is 133 Å². The summed E-state index contributed by atoms with van der Waals surface area (Å²) in [7, 11) is 0. The predicted molar refractivity (Wildman–Crippen MR) is 353 cm³/mol. The van der Waals surface area contributed by atoms with Crippen molar-refractivity contribution in [2.45, 2.75) is 235 Å². The van der Waals surface area contributed by atoms with Crippen LogP contribution in [0.5, 0.6) is 0 Å². The molecule has 12 rings (SSSR count). The number of esters is 2. The number of halogens is 1.